The SMILES string of the molecule is CCOC1C(O)CC1Oc1ccc(F)c(C)c1. The Morgan fingerprint density at radius 2 is 2.24 bits per heavy atom. The van der Waals surface area contributed by atoms with Gasteiger partial charge in [-0.05, 0) is 37.6 Å². The number of hydrogen-bond acceptors (Lipinski definition) is 3. The molecule has 0 radical (unpaired) electrons. The fourth-order valence-electron chi connectivity index (χ4n) is 1.95. The van der Waals surface area contributed by atoms with Gasteiger partial charge in [-0.2, -0.15) is 0 Å². The van der Waals surface area contributed by atoms with Gasteiger partial charge in [0.1, 0.15) is 23.8 Å². The number of hydrogen-bond donors (Lipinski definition) is 1. The van der Waals surface area contributed by atoms with Crippen LogP contribution in [0.4, 0.5) is 4.39 Å². The Balaban J connectivity index is 1.99. The zero-order valence-corrected chi connectivity index (χ0v) is 10.0. The first-order valence-corrected chi connectivity index (χ1v) is 5.84. The minimum absolute atomic E-state index is 0.144. The molecule has 3 atom stereocenters. The Bertz CT molecular complexity index is 394. The van der Waals surface area contributed by atoms with Crippen LogP contribution in [0.1, 0.15) is 18.9 Å². The maximum absolute atomic E-state index is 13.1. The van der Waals surface area contributed by atoms with E-state index in [1.165, 1.54) is 6.07 Å². The molecular weight excluding hydrogens is 223 g/mol. The van der Waals surface area contributed by atoms with Gasteiger partial charge in [0.15, 0.2) is 0 Å². The summed E-state index contributed by atoms with van der Waals surface area (Å²) in [5.41, 5.74) is 0.551. The Labute approximate surface area is 100 Å². The molecule has 1 N–H and O–H groups in total. The van der Waals surface area contributed by atoms with Gasteiger partial charge in [0.05, 0.1) is 6.10 Å². The Kier molecular flexibility index (Phi) is 3.64. The van der Waals surface area contributed by atoms with Crippen LogP contribution in [0.25, 0.3) is 0 Å². The second-order valence-electron chi connectivity index (χ2n) is 4.29. The molecule has 0 spiro atoms. The van der Waals surface area contributed by atoms with Gasteiger partial charge in [0, 0.05) is 13.0 Å². The van der Waals surface area contributed by atoms with Crippen molar-refractivity contribution >= 4 is 0 Å². The largest absolute Gasteiger partial charge is 0.487 e. The van der Waals surface area contributed by atoms with Crippen molar-refractivity contribution in [1.29, 1.82) is 0 Å². The third-order valence-electron chi connectivity index (χ3n) is 3.00. The average Bonchev–Trinajstić information content (AvgIpc) is 2.30. The fourth-order valence-corrected chi connectivity index (χ4v) is 1.95. The minimum atomic E-state index is -0.457. The predicted molar refractivity (Wildman–Crippen MR) is 61.6 cm³/mol. The molecule has 3 unspecified atom stereocenters. The standard InChI is InChI=1S/C13H17FO3/c1-3-16-13-11(15)7-12(13)17-9-4-5-10(14)8(2)6-9/h4-6,11-13,15H,3,7H2,1-2H3. The molecule has 1 aliphatic rings. The lowest BCUT2D eigenvalue weighted by molar-refractivity contribution is -0.160. The molecule has 1 saturated carbocycles. The third-order valence-corrected chi connectivity index (χ3v) is 3.00. The second-order valence-corrected chi connectivity index (χ2v) is 4.29. The van der Waals surface area contributed by atoms with E-state index in [4.69, 9.17) is 9.47 Å². The van der Waals surface area contributed by atoms with Crippen LogP contribution >= 0.6 is 0 Å². The zero-order valence-electron chi connectivity index (χ0n) is 10.0. The molecule has 17 heavy (non-hydrogen) atoms. The van der Waals surface area contributed by atoms with Crippen LogP contribution in [0.3, 0.4) is 0 Å². The Morgan fingerprint density at radius 1 is 1.47 bits per heavy atom. The summed E-state index contributed by atoms with van der Waals surface area (Å²) in [7, 11) is 0. The number of aryl methyl sites for hydroxylation is 1. The van der Waals surface area contributed by atoms with E-state index in [0.717, 1.165) is 0 Å². The molecule has 1 fully saturated rings. The Hall–Kier alpha value is -1.13. The highest BCUT2D eigenvalue weighted by Gasteiger charge is 2.42. The van der Waals surface area contributed by atoms with Crippen LogP contribution in [-0.4, -0.2) is 30.0 Å². The van der Waals surface area contributed by atoms with Crippen molar-refractivity contribution in [3.8, 4) is 5.75 Å². The molecule has 4 heteroatoms. The van der Waals surface area contributed by atoms with Crippen LogP contribution in [0.2, 0.25) is 0 Å². The first kappa shape index (κ1) is 12.3. The fraction of sp³-hybridized carbons (Fsp3) is 0.538. The summed E-state index contributed by atoms with van der Waals surface area (Å²) in [6, 6.07) is 4.63. The minimum Gasteiger partial charge on any atom is -0.487 e. The van der Waals surface area contributed by atoms with Gasteiger partial charge in [-0.3, -0.25) is 0 Å². The van der Waals surface area contributed by atoms with Crippen LogP contribution in [0.15, 0.2) is 18.2 Å². The highest BCUT2D eigenvalue weighted by Crippen LogP contribution is 2.29. The van der Waals surface area contributed by atoms with E-state index in [2.05, 4.69) is 0 Å². The van der Waals surface area contributed by atoms with Crippen LogP contribution in [-0.2, 0) is 4.74 Å². The van der Waals surface area contributed by atoms with E-state index in [1.807, 2.05) is 6.92 Å². The Morgan fingerprint density at radius 3 is 2.82 bits per heavy atom. The van der Waals surface area contributed by atoms with Crippen LogP contribution in [0, 0.1) is 12.7 Å². The molecule has 1 aromatic rings. The molecule has 1 aromatic carbocycles. The summed E-state index contributed by atoms with van der Waals surface area (Å²) in [5.74, 6) is 0.373. The highest BCUT2D eigenvalue weighted by atomic mass is 19.1. The number of ether oxygens (including phenoxy) is 2. The van der Waals surface area contributed by atoms with E-state index >= 15 is 0 Å². The van der Waals surface area contributed by atoms with Gasteiger partial charge >= 0.3 is 0 Å². The van der Waals surface area contributed by atoms with Crippen molar-refractivity contribution in [3.05, 3.63) is 29.6 Å². The second kappa shape index (κ2) is 5.02. The van der Waals surface area contributed by atoms with Crippen molar-refractivity contribution in [1.82, 2.24) is 0 Å². The number of benzene rings is 1. The van der Waals surface area contributed by atoms with E-state index in [9.17, 15) is 9.50 Å². The van der Waals surface area contributed by atoms with Gasteiger partial charge in [0.2, 0.25) is 0 Å². The van der Waals surface area contributed by atoms with E-state index in [0.29, 0.717) is 24.3 Å². The van der Waals surface area contributed by atoms with E-state index < -0.39 is 6.10 Å². The molecule has 0 heterocycles. The summed E-state index contributed by atoms with van der Waals surface area (Å²) in [6.45, 7) is 4.12. The third kappa shape index (κ3) is 2.58. The smallest absolute Gasteiger partial charge is 0.130 e. The topological polar surface area (TPSA) is 38.7 Å². The monoisotopic (exact) mass is 240 g/mol. The van der Waals surface area contributed by atoms with Gasteiger partial charge in [-0.1, -0.05) is 0 Å². The van der Waals surface area contributed by atoms with Crippen molar-refractivity contribution in [2.75, 3.05) is 6.61 Å². The first-order valence-electron chi connectivity index (χ1n) is 5.84. The molecule has 3 nitrogen and oxygen atoms in total. The molecule has 0 amide bonds. The lowest BCUT2D eigenvalue weighted by Crippen LogP contribution is -2.55. The molecule has 1 aliphatic carbocycles. The zero-order chi connectivity index (χ0) is 12.4. The number of rotatable bonds is 4. The van der Waals surface area contributed by atoms with Crippen LogP contribution < -0.4 is 4.74 Å². The lowest BCUT2D eigenvalue weighted by Gasteiger charge is -2.40. The van der Waals surface area contributed by atoms with E-state index in [-0.39, 0.29) is 18.0 Å². The predicted octanol–water partition coefficient (Wildman–Crippen LogP) is 2.05. The summed E-state index contributed by atoms with van der Waals surface area (Å²) in [5, 5.41) is 9.52. The quantitative estimate of drug-likeness (QED) is 0.875. The molecule has 94 valence electrons. The lowest BCUT2D eigenvalue weighted by atomic mass is 9.88. The van der Waals surface area contributed by atoms with Gasteiger partial charge < -0.3 is 14.6 Å². The van der Waals surface area contributed by atoms with Crippen molar-refractivity contribution < 1.29 is 19.0 Å². The summed E-state index contributed by atoms with van der Waals surface area (Å²) >= 11 is 0. The maximum atomic E-state index is 13.1. The van der Waals surface area contributed by atoms with Crippen molar-refractivity contribution in [2.24, 2.45) is 0 Å². The van der Waals surface area contributed by atoms with E-state index in [1.54, 1.807) is 19.1 Å². The molecule has 0 bridgehead atoms. The van der Waals surface area contributed by atoms with Crippen LogP contribution in [0.5, 0.6) is 5.75 Å². The normalized spacial score (nSPS) is 27.6. The molecule has 0 saturated heterocycles. The number of aliphatic hydroxyl groups is 1. The summed E-state index contributed by atoms with van der Waals surface area (Å²) in [4.78, 5) is 0. The maximum Gasteiger partial charge on any atom is 0.130 e. The van der Waals surface area contributed by atoms with Crippen molar-refractivity contribution in [2.45, 2.75) is 38.6 Å². The summed E-state index contributed by atoms with van der Waals surface area (Å²) < 4.78 is 24.1. The van der Waals surface area contributed by atoms with Gasteiger partial charge in [-0.25, -0.2) is 4.39 Å². The molecule has 2 rings (SSSR count). The molecule has 0 aliphatic heterocycles. The molecule has 0 aromatic heterocycles. The van der Waals surface area contributed by atoms with Crippen molar-refractivity contribution in [3.63, 3.8) is 0 Å². The number of halogens is 1. The number of aliphatic hydroxyl groups excluding tert-OH is 1. The summed E-state index contributed by atoms with van der Waals surface area (Å²) in [6.07, 6.45) is -0.317. The van der Waals surface area contributed by atoms with Gasteiger partial charge in [0.25, 0.3) is 0 Å². The van der Waals surface area contributed by atoms with Gasteiger partial charge in [-0.15, -0.1) is 0 Å². The average molecular weight is 240 g/mol. The highest BCUT2D eigenvalue weighted by molar-refractivity contribution is 5.29. The first-order chi connectivity index (χ1) is 8.11. The molecular formula is C13H17FO3.